The van der Waals surface area contributed by atoms with Crippen LogP contribution in [0.25, 0.3) is 0 Å². The third kappa shape index (κ3) is 3.42. The van der Waals surface area contributed by atoms with Crippen molar-refractivity contribution in [2.75, 3.05) is 0 Å². The first kappa shape index (κ1) is 14.7. The lowest BCUT2D eigenvalue weighted by Crippen LogP contribution is -2.25. The van der Waals surface area contributed by atoms with E-state index in [4.69, 9.17) is 15.4 Å². The summed E-state index contributed by atoms with van der Waals surface area (Å²) in [6.07, 6.45) is 3.21. The molecule has 19 heavy (non-hydrogen) atoms. The summed E-state index contributed by atoms with van der Waals surface area (Å²) in [7, 11) is 1.72. The maximum Gasteiger partial charge on any atom is 0.264 e. The third-order valence-corrected chi connectivity index (χ3v) is 4.76. The zero-order valence-electron chi connectivity index (χ0n) is 11.4. The fraction of sp³-hybridized carbons (Fsp3) is 0.571. The molecule has 0 heterocycles. The molecule has 0 aromatic heterocycles. The van der Waals surface area contributed by atoms with Gasteiger partial charge in [0.25, 0.3) is 9.05 Å². The number of ether oxygens (including phenoxy) is 1. The van der Waals surface area contributed by atoms with Crippen molar-refractivity contribution in [1.82, 2.24) is 0 Å². The van der Waals surface area contributed by atoms with E-state index in [0.29, 0.717) is 5.75 Å². The molecule has 5 heteroatoms. The summed E-state index contributed by atoms with van der Waals surface area (Å²) in [6.45, 7) is 6.08. The molecule has 0 atom stereocenters. The van der Waals surface area contributed by atoms with Crippen LogP contribution in [-0.4, -0.2) is 14.5 Å². The molecule has 1 aliphatic rings. The highest BCUT2D eigenvalue weighted by Gasteiger charge is 2.25. The Balaban J connectivity index is 2.42. The van der Waals surface area contributed by atoms with E-state index in [1.807, 2.05) is 26.8 Å². The SMILES string of the molecule is CC(C)(C)c1ccc(OC2CCC2)c(S(=O)(=O)Cl)c1. The minimum absolute atomic E-state index is 0.0773. The van der Waals surface area contributed by atoms with Crippen LogP contribution in [-0.2, 0) is 14.5 Å². The average molecular weight is 303 g/mol. The second-order valence-electron chi connectivity index (χ2n) is 6.02. The monoisotopic (exact) mass is 302 g/mol. The Bertz CT molecular complexity index is 569. The van der Waals surface area contributed by atoms with E-state index in [9.17, 15) is 8.42 Å². The van der Waals surface area contributed by atoms with Crippen molar-refractivity contribution in [3.8, 4) is 5.75 Å². The first-order valence-corrected chi connectivity index (χ1v) is 8.75. The lowest BCUT2D eigenvalue weighted by Gasteiger charge is -2.28. The van der Waals surface area contributed by atoms with E-state index >= 15 is 0 Å². The predicted molar refractivity (Wildman–Crippen MR) is 76.4 cm³/mol. The van der Waals surface area contributed by atoms with Crippen LogP contribution in [0, 0.1) is 0 Å². The highest BCUT2D eigenvalue weighted by atomic mass is 35.7. The van der Waals surface area contributed by atoms with Crippen LogP contribution < -0.4 is 4.74 Å². The number of halogens is 1. The van der Waals surface area contributed by atoms with Gasteiger partial charge in [0, 0.05) is 10.7 Å². The zero-order chi connectivity index (χ0) is 14.3. The molecule has 0 amide bonds. The molecule has 1 saturated carbocycles. The van der Waals surface area contributed by atoms with E-state index in [0.717, 1.165) is 24.8 Å². The van der Waals surface area contributed by atoms with Crippen molar-refractivity contribution in [1.29, 1.82) is 0 Å². The minimum atomic E-state index is -3.80. The Morgan fingerprint density at radius 1 is 1.26 bits per heavy atom. The van der Waals surface area contributed by atoms with Gasteiger partial charge in [-0.15, -0.1) is 0 Å². The van der Waals surface area contributed by atoms with Crippen LogP contribution in [0.15, 0.2) is 23.1 Å². The lowest BCUT2D eigenvalue weighted by atomic mass is 9.87. The average Bonchev–Trinajstić information content (AvgIpc) is 2.20. The van der Waals surface area contributed by atoms with Gasteiger partial charge in [-0.3, -0.25) is 0 Å². The van der Waals surface area contributed by atoms with Crippen molar-refractivity contribution in [2.24, 2.45) is 0 Å². The van der Waals surface area contributed by atoms with Crippen LogP contribution in [0.3, 0.4) is 0 Å². The van der Waals surface area contributed by atoms with E-state index in [1.54, 1.807) is 12.1 Å². The van der Waals surface area contributed by atoms with Crippen LogP contribution in [0.1, 0.15) is 45.6 Å². The van der Waals surface area contributed by atoms with Crippen LogP contribution in [0.2, 0.25) is 0 Å². The van der Waals surface area contributed by atoms with Crippen molar-refractivity contribution in [2.45, 2.75) is 56.4 Å². The van der Waals surface area contributed by atoms with E-state index < -0.39 is 9.05 Å². The summed E-state index contributed by atoms with van der Waals surface area (Å²) in [6, 6.07) is 5.24. The molecule has 2 rings (SSSR count). The summed E-state index contributed by atoms with van der Waals surface area (Å²) in [4.78, 5) is 0.0773. The molecule has 0 spiro atoms. The fourth-order valence-corrected chi connectivity index (χ4v) is 2.92. The van der Waals surface area contributed by atoms with Crippen LogP contribution in [0.4, 0.5) is 0 Å². The standard InChI is InChI=1S/C14H19ClO3S/c1-14(2,3)10-7-8-12(18-11-5-4-6-11)13(9-10)19(15,16)17/h7-9,11H,4-6H2,1-3H3. The van der Waals surface area contributed by atoms with Crippen LogP contribution in [0.5, 0.6) is 5.75 Å². The molecule has 1 aromatic carbocycles. The van der Waals surface area contributed by atoms with Gasteiger partial charge >= 0.3 is 0 Å². The zero-order valence-corrected chi connectivity index (χ0v) is 13.0. The molecule has 0 saturated heterocycles. The predicted octanol–water partition coefficient (Wildman–Crippen LogP) is 3.84. The lowest BCUT2D eigenvalue weighted by molar-refractivity contribution is 0.116. The maximum absolute atomic E-state index is 11.7. The first-order chi connectivity index (χ1) is 8.68. The molecule has 1 fully saturated rings. The van der Waals surface area contributed by atoms with Gasteiger partial charge in [0.1, 0.15) is 10.6 Å². The van der Waals surface area contributed by atoms with Gasteiger partial charge in [-0.2, -0.15) is 0 Å². The Kier molecular flexibility index (Phi) is 3.85. The van der Waals surface area contributed by atoms with Gasteiger partial charge in [0.2, 0.25) is 0 Å². The van der Waals surface area contributed by atoms with E-state index in [-0.39, 0.29) is 16.4 Å². The second-order valence-corrected chi connectivity index (χ2v) is 8.55. The number of benzene rings is 1. The topological polar surface area (TPSA) is 43.4 Å². The molecule has 0 N–H and O–H groups in total. The summed E-state index contributed by atoms with van der Waals surface area (Å²) in [5.41, 5.74) is 0.790. The molecule has 0 unspecified atom stereocenters. The Morgan fingerprint density at radius 3 is 2.32 bits per heavy atom. The molecule has 0 bridgehead atoms. The number of hydrogen-bond donors (Lipinski definition) is 0. The van der Waals surface area contributed by atoms with Gasteiger partial charge in [-0.05, 0) is 42.4 Å². The van der Waals surface area contributed by atoms with Crippen molar-refractivity contribution in [3.05, 3.63) is 23.8 Å². The molecule has 3 nitrogen and oxygen atoms in total. The molecule has 0 radical (unpaired) electrons. The van der Waals surface area contributed by atoms with Gasteiger partial charge in [-0.1, -0.05) is 26.8 Å². The normalized spacial score (nSPS) is 17.1. The largest absolute Gasteiger partial charge is 0.489 e. The van der Waals surface area contributed by atoms with Gasteiger partial charge < -0.3 is 4.74 Å². The summed E-state index contributed by atoms with van der Waals surface area (Å²) in [5, 5.41) is 0. The fourth-order valence-electron chi connectivity index (χ4n) is 1.93. The first-order valence-electron chi connectivity index (χ1n) is 6.44. The molecule has 1 aliphatic carbocycles. The third-order valence-electron chi connectivity index (χ3n) is 3.42. The van der Waals surface area contributed by atoms with E-state index in [2.05, 4.69) is 0 Å². The highest BCUT2D eigenvalue weighted by molar-refractivity contribution is 8.13. The Morgan fingerprint density at radius 2 is 1.89 bits per heavy atom. The van der Waals surface area contributed by atoms with Crippen molar-refractivity contribution < 1.29 is 13.2 Å². The minimum Gasteiger partial charge on any atom is -0.489 e. The molecular weight excluding hydrogens is 284 g/mol. The van der Waals surface area contributed by atoms with Gasteiger partial charge in [0.15, 0.2) is 0 Å². The number of rotatable bonds is 3. The summed E-state index contributed by atoms with van der Waals surface area (Å²) in [5.74, 6) is 0.368. The molecule has 1 aromatic rings. The number of hydrogen-bond acceptors (Lipinski definition) is 3. The quantitative estimate of drug-likeness (QED) is 0.797. The smallest absolute Gasteiger partial charge is 0.264 e. The highest BCUT2D eigenvalue weighted by Crippen LogP contribution is 2.35. The molecular formula is C14H19ClO3S. The van der Waals surface area contributed by atoms with Crippen LogP contribution >= 0.6 is 10.7 Å². The Hall–Kier alpha value is -0.740. The van der Waals surface area contributed by atoms with Gasteiger partial charge in [-0.25, -0.2) is 8.42 Å². The van der Waals surface area contributed by atoms with Gasteiger partial charge in [0.05, 0.1) is 6.10 Å². The second kappa shape index (κ2) is 4.98. The van der Waals surface area contributed by atoms with Crippen molar-refractivity contribution in [3.63, 3.8) is 0 Å². The Labute approximate surface area is 119 Å². The molecule has 0 aliphatic heterocycles. The van der Waals surface area contributed by atoms with E-state index in [1.165, 1.54) is 0 Å². The summed E-state index contributed by atoms with van der Waals surface area (Å²) >= 11 is 0. The summed E-state index contributed by atoms with van der Waals surface area (Å²) < 4.78 is 29.1. The molecule has 106 valence electrons. The maximum atomic E-state index is 11.7. The van der Waals surface area contributed by atoms with Crippen molar-refractivity contribution >= 4 is 19.7 Å².